The highest BCUT2D eigenvalue weighted by molar-refractivity contribution is 7.80. The summed E-state index contributed by atoms with van der Waals surface area (Å²) < 4.78 is 18.1. The van der Waals surface area contributed by atoms with Gasteiger partial charge in [-0.25, -0.2) is 4.39 Å². The third kappa shape index (κ3) is 5.32. The second kappa shape index (κ2) is 7.81. The second-order valence-electron chi connectivity index (χ2n) is 4.01. The molecule has 1 aromatic carbocycles. The zero-order valence-electron chi connectivity index (χ0n) is 10.8. The minimum Gasteiger partial charge on any atom is -0.393 e. The van der Waals surface area contributed by atoms with E-state index in [1.807, 2.05) is 0 Å². The SMILES string of the molecule is COCCN(CCC(N)=S)C(=O)c1cccc(F)c1. The van der Waals surface area contributed by atoms with Crippen LogP contribution in [0.1, 0.15) is 16.8 Å². The van der Waals surface area contributed by atoms with E-state index >= 15 is 0 Å². The molecule has 0 aliphatic heterocycles. The van der Waals surface area contributed by atoms with E-state index in [-0.39, 0.29) is 5.91 Å². The van der Waals surface area contributed by atoms with E-state index in [1.54, 1.807) is 18.1 Å². The summed E-state index contributed by atoms with van der Waals surface area (Å²) in [4.78, 5) is 14.1. The van der Waals surface area contributed by atoms with E-state index in [1.165, 1.54) is 18.2 Å². The average molecular weight is 284 g/mol. The summed E-state index contributed by atoms with van der Waals surface area (Å²) in [5.74, 6) is -0.695. The first kappa shape index (κ1) is 15.5. The molecule has 1 amide bonds. The Balaban J connectivity index is 2.77. The van der Waals surface area contributed by atoms with Gasteiger partial charge in [0.05, 0.1) is 11.6 Å². The first-order valence-corrected chi connectivity index (χ1v) is 6.27. The smallest absolute Gasteiger partial charge is 0.254 e. The van der Waals surface area contributed by atoms with Crippen molar-refractivity contribution in [2.75, 3.05) is 26.8 Å². The van der Waals surface area contributed by atoms with E-state index in [9.17, 15) is 9.18 Å². The van der Waals surface area contributed by atoms with Crippen LogP contribution < -0.4 is 5.73 Å². The molecule has 2 N–H and O–H groups in total. The molecule has 0 aliphatic carbocycles. The Morgan fingerprint density at radius 2 is 2.21 bits per heavy atom. The van der Waals surface area contributed by atoms with Crippen molar-refractivity contribution in [3.05, 3.63) is 35.6 Å². The fourth-order valence-corrected chi connectivity index (χ4v) is 1.66. The van der Waals surface area contributed by atoms with Crippen LogP contribution in [0.25, 0.3) is 0 Å². The van der Waals surface area contributed by atoms with Gasteiger partial charge in [-0.3, -0.25) is 4.79 Å². The monoisotopic (exact) mass is 284 g/mol. The summed E-state index contributed by atoms with van der Waals surface area (Å²) in [6.07, 6.45) is 0.431. The molecular weight excluding hydrogens is 267 g/mol. The molecule has 19 heavy (non-hydrogen) atoms. The van der Waals surface area contributed by atoms with Gasteiger partial charge in [-0.2, -0.15) is 0 Å². The second-order valence-corrected chi connectivity index (χ2v) is 4.54. The Kier molecular flexibility index (Phi) is 6.38. The molecule has 0 unspecified atom stereocenters. The van der Waals surface area contributed by atoms with Gasteiger partial charge >= 0.3 is 0 Å². The molecule has 0 spiro atoms. The van der Waals surface area contributed by atoms with Crippen molar-refractivity contribution in [1.29, 1.82) is 0 Å². The number of thiocarbonyl (C=S) groups is 1. The van der Waals surface area contributed by atoms with Crippen molar-refractivity contribution >= 4 is 23.1 Å². The Labute approximate surface area is 117 Å². The van der Waals surface area contributed by atoms with Gasteiger partial charge in [-0.1, -0.05) is 18.3 Å². The lowest BCUT2D eigenvalue weighted by Crippen LogP contribution is -2.36. The molecule has 0 aliphatic rings. The van der Waals surface area contributed by atoms with Crippen LogP contribution in [-0.4, -0.2) is 42.6 Å². The molecule has 104 valence electrons. The van der Waals surface area contributed by atoms with Crippen LogP contribution in [0.2, 0.25) is 0 Å². The van der Waals surface area contributed by atoms with Crippen LogP contribution in [0.4, 0.5) is 4.39 Å². The lowest BCUT2D eigenvalue weighted by atomic mass is 10.2. The van der Waals surface area contributed by atoms with Gasteiger partial charge in [0.1, 0.15) is 5.82 Å². The van der Waals surface area contributed by atoms with Crippen LogP contribution in [0, 0.1) is 5.82 Å². The lowest BCUT2D eigenvalue weighted by Gasteiger charge is -2.22. The molecule has 6 heteroatoms. The predicted octanol–water partition coefficient (Wildman–Crippen LogP) is 1.59. The topological polar surface area (TPSA) is 55.6 Å². The van der Waals surface area contributed by atoms with Crippen LogP contribution in [-0.2, 0) is 4.74 Å². The molecule has 1 aromatic rings. The maximum Gasteiger partial charge on any atom is 0.254 e. The van der Waals surface area contributed by atoms with Crippen molar-refractivity contribution in [1.82, 2.24) is 4.90 Å². The Morgan fingerprint density at radius 1 is 1.47 bits per heavy atom. The third-order valence-corrected chi connectivity index (χ3v) is 2.76. The summed E-state index contributed by atoms with van der Waals surface area (Å²) >= 11 is 4.80. The Bertz CT molecular complexity index is 454. The van der Waals surface area contributed by atoms with E-state index < -0.39 is 5.82 Å². The standard InChI is InChI=1S/C13H17FN2O2S/c1-18-8-7-16(6-5-12(15)19)13(17)10-3-2-4-11(14)9-10/h2-4,9H,5-8H2,1H3,(H2,15,19). The number of halogens is 1. The lowest BCUT2D eigenvalue weighted by molar-refractivity contribution is 0.0701. The third-order valence-electron chi connectivity index (χ3n) is 2.55. The zero-order chi connectivity index (χ0) is 14.3. The Morgan fingerprint density at radius 3 is 2.79 bits per heavy atom. The predicted molar refractivity (Wildman–Crippen MR) is 75.6 cm³/mol. The van der Waals surface area contributed by atoms with Crippen molar-refractivity contribution in [2.24, 2.45) is 5.73 Å². The number of carbonyl (C=O) groups is 1. The molecule has 0 bridgehead atoms. The first-order chi connectivity index (χ1) is 9.04. The number of rotatable bonds is 7. The molecule has 4 nitrogen and oxygen atoms in total. The molecule has 1 rings (SSSR count). The summed E-state index contributed by atoms with van der Waals surface area (Å²) in [5.41, 5.74) is 5.74. The number of benzene rings is 1. The highest BCUT2D eigenvalue weighted by Gasteiger charge is 2.16. The fourth-order valence-electron chi connectivity index (χ4n) is 1.57. The summed E-state index contributed by atoms with van der Waals surface area (Å²) in [6, 6.07) is 5.59. The number of ether oxygens (including phenoxy) is 1. The number of carbonyl (C=O) groups excluding carboxylic acids is 1. The van der Waals surface area contributed by atoms with Gasteiger partial charge in [-0.05, 0) is 18.2 Å². The van der Waals surface area contributed by atoms with E-state index in [0.29, 0.717) is 36.7 Å². The summed E-state index contributed by atoms with van der Waals surface area (Å²) in [7, 11) is 1.55. The quantitative estimate of drug-likeness (QED) is 0.773. The van der Waals surface area contributed by atoms with Crippen LogP contribution in [0.3, 0.4) is 0 Å². The van der Waals surface area contributed by atoms with Gasteiger partial charge in [0.2, 0.25) is 0 Å². The highest BCUT2D eigenvalue weighted by atomic mass is 32.1. The van der Waals surface area contributed by atoms with Crippen LogP contribution in [0.15, 0.2) is 24.3 Å². The van der Waals surface area contributed by atoms with Crippen molar-refractivity contribution in [3.8, 4) is 0 Å². The van der Waals surface area contributed by atoms with Crippen molar-refractivity contribution < 1.29 is 13.9 Å². The molecule has 0 fully saturated rings. The van der Waals surface area contributed by atoms with Crippen LogP contribution >= 0.6 is 12.2 Å². The number of methoxy groups -OCH3 is 1. The number of amides is 1. The molecular formula is C13H17FN2O2S. The molecule has 0 atom stereocenters. The van der Waals surface area contributed by atoms with Gasteiger partial charge in [0.15, 0.2) is 0 Å². The molecule has 0 aromatic heterocycles. The van der Waals surface area contributed by atoms with Crippen molar-refractivity contribution in [2.45, 2.75) is 6.42 Å². The van der Waals surface area contributed by atoms with Gasteiger partial charge in [0.25, 0.3) is 5.91 Å². The number of nitrogens with two attached hydrogens (primary N) is 1. The van der Waals surface area contributed by atoms with E-state index in [2.05, 4.69) is 0 Å². The normalized spacial score (nSPS) is 10.2. The molecule has 0 radical (unpaired) electrons. The van der Waals surface area contributed by atoms with E-state index in [4.69, 9.17) is 22.7 Å². The number of hydrogen-bond donors (Lipinski definition) is 1. The average Bonchev–Trinajstić information content (AvgIpc) is 2.38. The van der Waals surface area contributed by atoms with Gasteiger partial charge in [0, 0.05) is 32.2 Å². The minimum absolute atomic E-state index is 0.257. The molecule has 0 saturated carbocycles. The summed E-state index contributed by atoms with van der Waals surface area (Å²) in [6.45, 7) is 1.21. The number of nitrogens with zero attached hydrogens (tertiary/aromatic N) is 1. The molecule has 0 saturated heterocycles. The van der Waals surface area contributed by atoms with Crippen LogP contribution in [0.5, 0.6) is 0 Å². The number of hydrogen-bond acceptors (Lipinski definition) is 3. The Hall–Kier alpha value is -1.53. The fraction of sp³-hybridized carbons (Fsp3) is 0.385. The molecule has 0 heterocycles. The highest BCUT2D eigenvalue weighted by Crippen LogP contribution is 2.08. The van der Waals surface area contributed by atoms with Gasteiger partial charge < -0.3 is 15.4 Å². The zero-order valence-corrected chi connectivity index (χ0v) is 11.6. The maximum atomic E-state index is 13.1. The van der Waals surface area contributed by atoms with E-state index in [0.717, 1.165) is 0 Å². The maximum absolute atomic E-state index is 13.1. The first-order valence-electron chi connectivity index (χ1n) is 5.86. The largest absolute Gasteiger partial charge is 0.393 e. The summed E-state index contributed by atoms with van der Waals surface area (Å²) in [5, 5.41) is 0. The van der Waals surface area contributed by atoms with Crippen molar-refractivity contribution in [3.63, 3.8) is 0 Å². The van der Waals surface area contributed by atoms with Gasteiger partial charge in [-0.15, -0.1) is 0 Å². The minimum atomic E-state index is -0.438.